The van der Waals surface area contributed by atoms with Gasteiger partial charge in [-0.3, -0.25) is 4.79 Å². The molecule has 0 radical (unpaired) electrons. The third kappa shape index (κ3) is 4.42. The predicted molar refractivity (Wildman–Crippen MR) is 122 cm³/mol. The number of carbonyl (C=O) groups is 2. The highest BCUT2D eigenvalue weighted by Crippen LogP contribution is 2.40. The molecule has 1 amide bonds. The second-order valence-electron chi connectivity index (χ2n) is 7.15. The number of likely N-dealkylation sites (tertiary alicyclic amines) is 1. The molecule has 1 aliphatic rings. The van der Waals surface area contributed by atoms with E-state index in [-0.39, 0.29) is 5.91 Å². The molecule has 1 aliphatic heterocycles. The van der Waals surface area contributed by atoms with Crippen LogP contribution in [0.4, 0.5) is 0 Å². The zero-order chi connectivity index (χ0) is 22.5. The van der Waals surface area contributed by atoms with Crippen molar-refractivity contribution in [2.45, 2.75) is 24.9 Å². The lowest BCUT2D eigenvalue weighted by Crippen LogP contribution is -2.41. The van der Waals surface area contributed by atoms with Gasteiger partial charge in [0, 0.05) is 16.2 Å². The molecule has 1 fully saturated rings. The minimum absolute atomic E-state index is 0.346. The van der Waals surface area contributed by atoms with Gasteiger partial charge in [-0.1, -0.05) is 61.2 Å². The summed E-state index contributed by atoms with van der Waals surface area (Å²) in [6, 6.07) is 12.8. The van der Waals surface area contributed by atoms with Crippen LogP contribution in [0.5, 0.6) is 0 Å². The van der Waals surface area contributed by atoms with Crippen LogP contribution in [0.25, 0.3) is 5.57 Å². The number of ether oxygens (including phenoxy) is 1. The number of carboxylic acids is 1. The molecule has 160 valence electrons. The van der Waals surface area contributed by atoms with Gasteiger partial charge < -0.3 is 14.7 Å². The molecule has 2 atom stereocenters. The van der Waals surface area contributed by atoms with E-state index in [4.69, 9.17) is 16.3 Å². The number of methoxy groups -OCH3 is 1. The van der Waals surface area contributed by atoms with E-state index in [0.717, 1.165) is 16.7 Å². The minimum Gasteiger partial charge on any atom is -0.496 e. The molecule has 2 aromatic carbocycles. The highest BCUT2D eigenvalue weighted by molar-refractivity contribution is 6.31. The van der Waals surface area contributed by atoms with Crippen LogP contribution in [0.15, 0.2) is 79.6 Å². The van der Waals surface area contributed by atoms with Gasteiger partial charge in [0.2, 0.25) is 0 Å². The molecule has 0 spiro atoms. The fourth-order valence-corrected chi connectivity index (χ4v) is 4.25. The summed E-state index contributed by atoms with van der Waals surface area (Å²) in [5, 5.41) is 10.2. The van der Waals surface area contributed by atoms with Crippen molar-refractivity contribution in [2.24, 2.45) is 0 Å². The van der Waals surface area contributed by atoms with Gasteiger partial charge in [-0.2, -0.15) is 0 Å². The van der Waals surface area contributed by atoms with Crippen molar-refractivity contribution < 1.29 is 19.4 Å². The summed E-state index contributed by atoms with van der Waals surface area (Å²) in [5.74, 6) is -0.799. The highest BCUT2D eigenvalue weighted by Gasteiger charge is 2.42. The third-order valence-corrected chi connectivity index (χ3v) is 5.83. The van der Waals surface area contributed by atoms with E-state index >= 15 is 0 Å². The number of hydrogen-bond acceptors (Lipinski definition) is 3. The van der Waals surface area contributed by atoms with Gasteiger partial charge in [0.15, 0.2) is 0 Å². The van der Waals surface area contributed by atoms with E-state index in [1.165, 1.54) is 4.90 Å². The van der Waals surface area contributed by atoms with Crippen molar-refractivity contribution in [1.82, 2.24) is 4.90 Å². The van der Waals surface area contributed by atoms with Crippen LogP contribution in [0.1, 0.15) is 40.4 Å². The zero-order valence-electron chi connectivity index (χ0n) is 17.3. The zero-order valence-corrected chi connectivity index (χ0v) is 18.0. The van der Waals surface area contributed by atoms with Crippen molar-refractivity contribution >= 4 is 29.1 Å². The van der Waals surface area contributed by atoms with Gasteiger partial charge in [0.05, 0.1) is 13.2 Å². The molecule has 2 unspecified atom stereocenters. The number of rotatable bonds is 7. The molecule has 6 heteroatoms. The fourth-order valence-electron chi connectivity index (χ4n) is 3.99. The number of aliphatic carboxylic acids is 1. The van der Waals surface area contributed by atoms with Crippen LogP contribution >= 0.6 is 11.6 Å². The first kappa shape index (κ1) is 22.4. The summed E-state index contributed by atoms with van der Waals surface area (Å²) >= 11 is 6.36. The Labute approximate surface area is 186 Å². The Kier molecular flexibility index (Phi) is 6.98. The quantitative estimate of drug-likeness (QED) is 0.458. The van der Waals surface area contributed by atoms with Crippen LogP contribution in [0.2, 0.25) is 5.02 Å². The largest absolute Gasteiger partial charge is 0.496 e. The summed E-state index contributed by atoms with van der Waals surface area (Å²) in [6.45, 7) is 7.55. The maximum absolute atomic E-state index is 13.4. The van der Waals surface area contributed by atoms with E-state index in [9.17, 15) is 14.7 Å². The summed E-state index contributed by atoms with van der Waals surface area (Å²) in [7, 11) is 1.55. The Balaban J connectivity index is 1.98. The van der Waals surface area contributed by atoms with Gasteiger partial charge in [-0.25, -0.2) is 4.79 Å². The number of benzene rings is 2. The minimum atomic E-state index is -1.02. The molecule has 0 saturated carbocycles. The normalized spacial score (nSPS) is 18.8. The molecular weight excluding hydrogens is 414 g/mol. The number of carboxylic acid groups (broad SMARTS) is 1. The Bertz CT molecular complexity index is 1040. The summed E-state index contributed by atoms with van der Waals surface area (Å²) in [5.41, 5.74) is 2.71. The lowest BCUT2D eigenvalue weighted by molar-refractivity contribution is -0.141. The first-order valence-electron chi connectivity index (χ1n) is 9.86. The molecule has 3 rings (SSSR count). The molecule has 0 bridgehead atoms. The first-order valence-corrected chi connectivity index (χ1v) is 10.2. The summed E-state index contributed by atoms with van der Waals surface area (Å²) < 4.78 is 5.32. The Hall–Kier alpha value is -3.31. The van der Waals surface area contributed by atoms with Crippen LogP contribution in [0, 0.1) is 0 Å². The molecule has 2 aromatic rings. The van der Waals surface area contributed by atoms with Crippen LogP contribution in [-0.2, 0) is 9.53 Å². The standard InChI is InChI=1S/C25H24ClNO4/c1-4-18(23(5-2)31-3)16-10-12-17(13-11-16)24(28)27-21(14-15-22(27)25(29)30)19-8-6-7-9-20(19)26/h4-13,21-22H,1-2,14-15H2,3H3,(H,29,30)/b23-18-. The number of hydrogen-bond donors (Lipinski definition) is 1. The summed E-state index contributed by atoms with van der Waals surface area (Å²) in [6.07, 6.45) is 4.15. The SMILES string of the molecule is C=C/C(OC)=C(\C=C)c1ccc(C(=O)N2C(C(=O)O)CCC2c2ccccc2Cl)cc1. The van der Waals surface area contributed by atoms with Gasteiger partial charge >= 0.3 is 5.97 Å². The Morgan fingerprint density at radius 2 is 1.71 bits per heavy atom. The average molecular weight is 438 g/mol. The first-order chi connectivity index (χ1) is 14.9. The molecule has 0 aliphatic carbocycles. The Morgan fingerprint density at radius 1 is 1.06 bits per heavy atom. The number of carbonyl (C=O) groups excluding carboxylic acids is 1. The third-order valence-electron chi connectivity index (χ3n) is 5.49. The highest BCUT2D eigenvalue weighted by atomic mass is 35.5. The number of halogens is 1. The van der Waals surface area contributed by atoms with E-state index in [1.807, 2.05) is 18.2 Å². The van der Waals surface area contributed by atoms with E-state index in [1.54, 1.807) is 49.6 Å². The van der Waals surface area contributed by atoms with Crippen molar-refractivity contribution in [3.05, 3.63) is 101 Å². The van der Waals surface area contributed by atoms with E-state index in [2.05, 4.69) is 13.2 Å². The van der Waals surface area contributed by atoms with Gasteiger partial charge in [-0.15, -0.1) is 0 Å². The fraction of sp³-hybridized carbons (Fsp3) is 0.200. The second-order valence-corrected chi connectivity index (χ2v) is 7.56. The lowest BCUT2D eigenvalue weighted by Gasteiger charge is -2.29. The Morgan fingerprint density at radius 3 is 2.26 bits per heavy atom. The number of amides is 1. The van der Waals surface area contributed by atoms with E-state index in [0.29, 0.717) is 29.2 Å². The van der Waals surface area contributed by atoms with E-state index < -0.39 is 18.1 Å². The lowest BCUT2D eigenvalue weighted by atomic mass is 10.0. The van der Waals surface area contributed by atoms with Crippen molar-refractivity contribution in [1.29, 1.82) is 0 Å². The molecule has 1 N–H and O–H groups in total. The summed E-state index contributed by atoms with van der Waals surface area (Å²) in [4.78, 5) is 26.7. The maximum Gasteiger partial charge on any atom is 0.326 e. The molecule has 5 nitrogen and oxygen atoms in total. The molecule has 1 heterocycles. The van der Waals surface area contributed by atoms with Gasteiger partial charge in [-0.05, 0) is 48.2 Å². The topological polar surface area (TPSA) is 66.8 Å². The average Bonchev–Trinajstić information content (AvgIpc) is 3.22. The van der Waals surface area contributed by atoms with Crippen molar-refractivity contribution in [3.63, 3.8) is 0 Å². The molecule has 31 heavy (non-hydrogen) atoms. The molecule has 0 aromatic heterocycles. The monoisotopic (exact) mass is 437 g/mol. The number of nitrogens with zero attached hydrogens (tertiary/aromatic N) is 1. The maximum atomic E-state index is 13.4. The van der Waals surface area contributed by atoms with Crippen molar-refractivity contribution in [3.8, 4) is 0 Å². The molecule has 1 saturated heterocycles. The van der Waals surface area contributed by atoms with Crippen LogP contribution < -0.4 is 0 Å². The van der Waals surface area contributed by atoms with Gasteiger partial charge in [0.1, 0.15) is 11.8 Å². The second kappa shape index (κ2) is 9.67. The smallest absolute Gasteiger partial charge is 0.326 e. The number of allylic oxidation sites excluding steroid dienone is 3. The predicted octanol–water partition coefficient (Wildman–Crippen LogP) is 5.50. The van der Waals surface area contributed by atoms with Crippen LogP contribution in [0.3, 0.4) is 0 Å². The van der Waals surface area contributed by atoms with Crippen LogP contribution in [-0.4, -0.2) is 35.0 Å². The van der Waals surface area contributed by atoms with Gasteiger partial charge in [0.25, 0.3) is 5.91 Å². The van der Waals surface area contributed by atoms with Crippen molar-refractivity contribution in [2.75, 3.05) is 7.11 Å². The molecular formula is C25H24ClNO4.